The lowest BCUT2D eigenvalue weighted by molar-refractivity contribution is -0.122. The first-order valence-electron chi connectivity index (χ1n) is 12.5. The zero-order chi connectivity index (χ0) is 27.6. The summed E-state index contributed by atoms with van der Waals surface area (Å²) in [6, 6.07) is 11.4. The van der Waals surface area contributed by atoms with Crippen molar-refractivity contribution in [1.82, 2.24) is 15.2 Å². The second-order valence-corrected chi connectivity index (χ2v) is 11.6. The van der Waals surface area contributed by atoms with Crippen LogP contribution in [-0.4, -0.2) is 74.1 Å². The van der Waals surface area contributed by atoms with E-state index in [2.05, 4.69) is 19.9 Å². The van der Waals surface area contributed by atoms with Gasteiger partial charge in [0.15, 0.2) is 0 Å². The Bertz CT molecular complexity index is 1480. The number of hydrogen-bond acceptors (Lipinski definition) is 7. The Kier molecular flexibility index (Phi) is 7.89. The second kappa shape index (κ2) is 11.0. The second-order valence-electron chi connectivity index (χ2n) is 9.92. The van der Waals surface area contributed by atoms with Crippen molar-refractivity contribution in [1.29, 1.82) is 0 Å². The first-order valence-corrected chi connectivity index (χ1v) is 14.0. The van der Waals surface area contributed by atoms with Crippen LogP contribution in [0.1, 0.15) is 35.3 Å². The van der Waals surface area contributed by atoms with Gasteiger partial charge in [0, 0.05) is 43.3 Å². The summed E-state index contributed by atoms with van der Waals surface area (Å²) in [6.45, 7) is 10.3. The van der Waals surface area contributed by atoms with Gasteiger partial charge in [-0.05, 0) is 63.6 Å². The average molecular weight is 540 g/mol. The van der Waals surface area contributed by atoms with Gasteiger partial charge in [-0.15, -0.1) is 0 Å². The first-order chi connectivity index (χ1) is 17.9. The smallest absolute Gasteiger partial charge is 0.336 e. The number of nitrogens with one attached hydrogen (secondary N) is 2. The monoisotopic (exact) mass is 539 g/mol. The van der Waals surface area contributed by atoms with Gasteiger partial charge < -0.3 is 15.3 Å². The largest absolute Gasteiger partial charge is 0.478 e. The summed E-state index contributed by atoms with van der Waals surface area (Å²) in [7, 11) is -3.87. The summed E-state index contributed by atoms with van der Waals surface area (Å²) in [5.74, 6) is -0.615. The number of carbonyl (C=O) groups is 2. The number of carboxylic acid groups (broad SMARTS) is 1. The maximum Gasteiger partial charge on any atom is 0.336 e. The molecular formula is C27H33N5O5S. The van der Waals surface area contributed by atoms with Gasteiger partial charge in [0.1, 0.15) is 5.82 Å². The highest BCUT2D eigenvalue weighted by Crippen LogP contribution is 2.28. The van der Waals surface area contributed by atoms with E-state index in [1.165, 1.54) is 12.1 Å². The molecule has 38 heavy (non-hydrogen) atoms. The van der Waals surface area contributed by atoms with Gasteiger partial charge in [0.25, 0.3) is 10.0 Å². The predicted molar refractivity (Wildman–Crippen MR) is 147 cm³/mol. The van der Waals surface area contributed by atoms with Gasteiger partial charge in [-0.25, -0.2) is 18.2 Å². The molecule has 0 spiro atoms. The molecule has 1 aliphatic heterocycles. The number of benzene rings is 2. The molecule has 10 nitrogen and oxygen atoms in total. The number of hydrogen-bond donors (Lipinski definition) is 3. The molecule has 2 aromatic carbocycles. The minimum absolute atomic E-state index is 0.0191. The fourth-order valence-corrected chi connectivity index (χ4v) is 5.91. The van der Waals surface area contributed by atoms with Crippen molar-refractivity contribution in [2.75, 3.05) is 42.3 Å². The summed E-state index contributed by atoms with van der Waals surface area (Å²) >= 11 is 0. The van der Waals surface area contributed by atoms with Gasteiger partial charge in [-0.2, -0.15) is 0 Å². The lowest BCUT2D eigenvalue weighted by atomic mass is 10.1. The van der Waals surface area contributed by atoms with Crippen molar-refractivity contribution in [3.63, 3.8) is 0 Å². The molecule has 1 aliphatic rings. The van der Waals surface area contributed by atoms with Crippen LogP contribution >= 0.6 is 0 Å². The Labute approximate surface area is 222 Å². The standard InChI is InChI=1S/C27H33N5O5S/c1-17(2)28-26(33)16-31-9-11-32(12-10-31)25-15-22(27(34)35)21-14-20(6-7-23(21)29-25)30-38(36,37)24-8-5-18(3)13-19(24)4/h5-8,13-15,17,30H,9-12,16H2,1-4H3,(H,28,33)(H,34,35). The fourth-order valence-electron chi connectivity index (χ4n) is 4.63. The quantitative estimate of drug-likeness (QED) is 0.398. The molecule has 11 heteroatoms. The Morgan fingerprint density at radius 2 is 1.74 bits per heavy atom. The van der Waals surface area contributed by atoms with Crippen molar-refractivity contribution in [3.05, 3.63) is 59.2 Å². The molecule has 3 aromatic rings. The topological polar surface area (TPSA) is 132 Å². The van der Waals surface area contributed by atoms with Crippen molar-refractivity contribution >= 4 is 44.3 Å². The SMILES string of the molecule is Cc1ccc(S(=O)(=O)Nc2ccc3nc(N4CCN(CC(=O)NC(C)C)CC4)cc(C(=O)O)c3c2)c(C)c1. The van der Waals surface area contributed by atoms with Gasteiger partial charge in [-0.3, -0.25) is 14.4 Å². The summed E-state index contributed by atoms with van der Waals surface area (Å²) in [6.07, 6.45) is 0. The maximum absolute atomic E-state index is 13.0. The van der Waals surface area contributed by atoms with Gasteiger partial charge in [0.2, 0.25) is 5.91 Å². The number of anilines is 2. The maximum atomic E-state index is 13.0. The Balaban J connectivity index is 1.55. The molecule has 0 atom stereocenters. The highest BCUT2D eigenvalue weighted by molar-refractivity contribution is 7.92. The van der Waals surface area contributed by atoms with Crippen LogP contribution in [0, 0.1) is 13.8 Å². The molecule has 1 aromatic heterocycles. The number of carboxylic acids is 1. The number of piperazine rings is 1. The summed E-state index contributed by atoms with van der Waals surface area (Å²) in [5.41, 5.74) is 2.32. The molecule has 0 bridgehead atoms. The number of aromatic nitrogens is 1. The molecular weight excluding hydrogens is 506 g/mol. The molecule has 3 N–H and O–H groups in total. The van der Waals surface area contributed by atoms with E-state index in [1.54, 1.807) is 37.3 Å². The number of aromatic carboxylic acids is 1. The number of carbonyl (C=O) groups excluding carboxylic acids is 1. The van der Waals surface area contributed by atoms with Gasteiger partial charge >= 0.3 is 5.97 Å². The molecule has 202 valence electrons. The minimum Gasteiger partial charge on any atom is -0.478 e. The Morgan fingerprint density at radius 1 is 1.03 bits per heavy atom. The van der Waals surface area contributed by atoms with Crippen molar-refractivity contribution in [3.8, 4) is 0 Å². The van der Waals surface area contributed by atoms with E-state index in [9.17, 15) is 23.1 Å². The zero-order valence-electron chi connectivity index (χ0n) is 22.0. The molecule has 0 unspecified atom stereocenters. The molecule has 2 heterocycles. The van der Waals surface area contributed by atoms with E-state index in [4.69, 9.17) is 0 Å². The van der Waals surface area contributed by atoms with Crippen LogP contribution in [0.2, 0.25) is 0 Å². The molecule has 1 saturated heterocycles. The fraction of sp³-hybridized carbons (Fsp3) is 0.370. The first kappa shape index (κ1) is 27.3. The number of pyridine rings is 1. The summed E-state index contributed by atoms with van der Waals surface area (Å²) in [4.78, 5) is 33.1. The number of aryl methyl sites for hydroxylation is 2. The van der Waals surface area contributed by atoms with Gasteiger partial charge in [0.05, 0.1) is 22.5 Å². The van der Waals surface area contributed by atoms with Crippen LogP contribution in [0.4, 0.5) is 11.5 Å². The van der Waals surface area contributed by atoms with E-state index < -0.39 is 16.0 Å². The zero-order valence-corrected chi connectivity index (χ0v) is 22.8. The normalized spacial score (nSPS) is 14.6. The third-order valence-corrected chi connectivity index (χ3v) is 7.95. The summed E-state index contributed by atoms with van der Waals surface area (Å²) in [5, 5.41) is 13.2. The number of sulfonamides is 1. The van der Waals surface area contributed by atoms with E-state index >= 15 is 0 Å². The third-order valence-electron chi connectivity index (χ3n) is 6.41. The minimum atomic E-state index is -3.87. The van der Waals surface area contributed by atoms with Gasteiger partial charge in [-0.1, -0.05) is 17.7 Å². The van der Waals surface area contributed by atoms with Crippen LogP contribution in [-0.2, 0) is 14.8 Å². The van der Waals surface area contributed by atoms with Crippen molar-refractivity contribution in [2.45, 2.75) is 38.6 Å². The van der Waals surface area contributed by atoms with Crippen LogP contribution in [0.5, 0.6) is 0 Å². The molecule has 1 fully saturated rings. The number of fused-ring (bicyclic) bond motifs is 1. The molecule has 0 saturated carbocycles. The molecule has 0 radical (unpaired) electrons. The van der Waals surface area contributed by atoms with Crippen molar-refractivity contribution in [2.24, 2.45) is 0 Å². The number of rotatable bonds is 8. The summed E-state index contributed by atoms with van der Waals surface area (Å²) < 4.78 is 28.6. The number of amides is 1. The van der Waals surface area contributed by atoms with E-state index in [0.29, 0.717) is 55.0 Å². The lowest BCUT2D eigenvalue weighted by Crippen LogP contribution is -2.50. The van der Waals surface area contributed by atoms with Crippen LogP contribution < -0.4 is 14.9 Å². The van der Waals surface area contributed by atoms with Crippen LogP contribution in [0.15, 0.2) is 47.4 Å². The van der Waals surface area contributed by atoms with Crippen LogP contribution in [0.3, 0.4) is 0 Å². The van der Waals surface area contributed by atoms with E-state index in [0.717, 1.165) is 5.56 Å². The van der Waals surface area contributed by atoms with E-state index in [-0.39, 0.29) is 28.1 Å². The third kappa shape index (κ3) is 6.22. The highest BCUT2D eigenvalue weighted by Gasteiger charge is 2.23. The molecule has 0 aliphatic carbocycles. The van der Waals surface area contributed by atoms with E-state index in [1.807, 2.05) is 25.7 Å². The average Bonchev–Trinajstić information content (AvgIpc) is 2.82. The number of nitrogens with zero attached hydrogens (tertiary/aromatic N) is 3. The Hall–Kier alpha value is -3.70. The van der Waals surface area contributed by atoms with Crippen LogP contribution in [0.25, 0.3) is 10.9 Å². The Morgan fingerprint density at radius 3 is 2.37 bits per heavy atom. The highest BCUT2D eigenvalue weighted by atomic mass is 32.2. The molecule has 4 rings (SSSR count). The lowest BCUT2D eigenvalue weighted by Gasteiger charge is -2.35. The predicted octanol–water partition coefficient (Wildman–Crippen LogP) is 3.00. The molecule has 1 amide bonds. The van der Waals surface area contributed by atoms with Crippen molar-refractivity contribution < 1.29 is 23.1 Å².